The van der Waals surface area contributed by atoms with Crippen molar-refractivity contribution in [3.63, 3.8) is 0 Å². The molecule has 0 bridgehead atoms. The summed E-state index contributed by atoms with van der Waals surface area (Å²) >= 11 is 1.38. The third-order valence-corrected chi connectivity index (χ3v) is 8.12. The maximum atomic E-state index is 13.2. The Bertz CT molecular complexity index is 1030. The number of benzene rings is 2. The topological polar surface area (TPSA) is 110 Å². The molecule has 0 saturated carbocycles. The molecule has 4 rings (SSSR count). The predicted molar refractivity (Wildman–Crippen MR) is 121 cm³/mol. The first-order chi connectivity index (χ1) is 15.2. The molecule has 2 aliphatic rings. The summed E-state index contributed by atoms with van der Waals surface area (Å²) in [5.41, 5.74) is 6.36. The van der Waals surface area contributed by atoms with Crippen molar-refractivity contribution >= 4 is 29.6 Å². The van der Waals surface area contributed by atoms with Gasteiger partial charge in [-0.1, -0.05) is 60.7 Å². The average Bonchev–Trinajstić information content (AvgIpc) is 2.97. The van der Waals surface area contributed by atoms with E-state index in [2.05, 4.69) is 0 Å². The number of fused-ring (bicyclic) bond motifs is 1. The summed E-state index contributed by atoms with van der Waals surface area (Å²) in [6, 6.07) is 17.3. The highest BCUT2D eigenvalue weighted by molar-refractivity contribution is 8.01. The van der Waals surface area contributed by atoms with Gasteiger partial charge in [-0.05, 0) is 25.0 Å². The fourth-order valence-corrected chi connectivity index (χ4v) is 6.51. The zero-order valence-electron chi connectivity index (χ0n) is 17.9. The summed E-state index contributed by atoms with van der Waals surface area (Å²) in [4.78, 5) is 39.8. The molecule has 7 nitrogen and oxygen atoms in total. The molecule has 2 fully saturated rings. The largest absolute Gasteiger partial charge is 0.479 e. The fraction of sp³-hybridized carbons (Fsp3) is 0.375. The molecule has 1 amide bonds. The van der Waals surface area contributed by atoms with Gasteiger partial charge in [-0.25, -0.2) is 4.79 Å². The lowest BCUT2D eigenvalue weighted by atomic mass is 9.74. The van der Waals surface area contributed by atoms with Crippen LogP contribution in [0.1, 0.15) is 25.0 Å². The normalized spacial score (nSPS) is 26.7. The molecule has 3 N–H and O–H groups in total. The van der Waals surface area contributed by atoms with Crippen molar-refractivity contribution < 1.29 is 24.2 Å². The number of amides is 1. The van der Waals surface area contributed by atoms with E-state index in [4.69, 9.17) is 10.5 Å². The van der Waals surface area contributed by atoms with E-state index >= 15 is 0 Å². The Morgan fingerprint density at radius 1 is 1.09 bits per heavy atom. The van der Waals surface area contributed by atoms with E-state index in [-0.39, 0.29) is 13.0 Å². The number of carbonyl (C=O) groups is 3. The van der Waals surface area contributed by atoms with E-state index in [0.717, 1.165) is 11.1 Å². The average molecular weight is 455 g/mol. The maximum Gasteiger partial charge on any atom is 0.331 e. The van der Waals surface area contributed by atoms with Crippen molar-refractivity contribution in [3.05, 3.63) is 71.8 Å². The van der Waals surface area contributed by atoms with Gasteiger partial charge >= 0.3 is 11.9 Å². The molecule has 2 heterocycles. The van der Waals surface area contributed by atoms with Crippen molar-refractivity contribution in [1.29, 1.82) is 0 Å². The number of rotatable bonds is 7. The Morgan fingerprint density at radius 2 is 1.66 bits per heavy atom. The third kappa shape index (κ3) is 3.47. The van der Waals surface area contributed by atoms with Crippen molar-refractivity contribution in [2.45, 2.75) is 48.6 Å². The number of carboxylic acid groups (broad SMARTS) is 1. The van der Waals surface area contributed by atoms with Crippen LogP contribution in [0.15, 0.2) is 60.7 Å². The van der Waals surface area contributed by atoms with E-state index in [1.54, 1.807) is 0 Å². The number of nitrogens with two attached hydrogens (primary N) is 1. The molecule has 2 aromatic rings. The fourth-order valence-electron chi connectivity index (χ4n) is 4.64. The molecule has 2 saturated heterocycles. The predicted octanol–water partition coefficient (Wildman–Crippen LogP) is 2.43. The summed E-state index contributed by atoms with van der Waals surface area (Å²) in [5, 5.41) is 9.81. The SMILES string of the molecule is CC1(C)S[C@@H]2[C@@H](C(N)C(=O)OCc3ccccc3)C(=O)N2[C@@]1(Cc1ccccc1)C(=O)O. The van der Waals surface area contributed by atoms with Crippen LogP contribution in [0, 0.1) is 5.92 Å². The van der Waals surface area contributed by atoms with Gasteiger partial charge in [-0.3, -0.25) is 9.59 Å². The Morgan fingerprint density at radius 3 is 2.22 bits per heavy atom. The number of carboxylic acids is 1. The van der Waals surface area contributed by atoms with Crippen molar-refractivity contribution in [2.75, 3.05) is 0 Å². The second-order valence-electron chi connectivity index (χ2n) is 8.70. The first-order valence-corrected chi connectivity index (χ1v) is 11.3. The van der Waals surface area contributed by atoms with Gasteiger partial charge in [0.05, 0.1) is 11.3 Å². The molecule has 4 atom stereocenters. The van der Waals surface area contributed by atoms with Crippen LogP contribution in [0.4, 0.5) is 0 Å². The van der Waals surface area contributed by atoms with Crippen molar-refractivity contribution in [1.82, 2.24) is 4.90 Å². The monoisotopic (exact) mass is 454 g/mol. The second kappa shape index (κ2) is 8.26. The van der Waals surface area contributed by atoms with Gasteiger partial charge in [-0.2, -0.15) is 0 Å². The van der Waals surface area contributed by atoms with Crippen LogP contribution in [0.3, 0.4) is 0 Å². The molecular weight excluding hydrogens is 428 g/mol. The number of nitrogens with zero attached hydrogens (tertiary/aromatic N) is 1. The van der Waals surface area contributed by atoms with Crippen LogP contribution in [0.25, 0.3) is 0 Å². The number of hydrogen-bond donors (Lipinski definition) is 2. The zero-order valence-corrected chi connectivity index (χ0v) is 18.7. The minimum absolute atomic E-state index is 0.0639. The highest BCUT2D eigenvalue weighted by atomic mass is 32.2. The molecule has 2 aliphatic heterocycles. The van der Waals surface area contributed by atoms with Gasteiger partial charge < -0.3 is 20.5 Å². The molecule has 2 aromatic carbocycles. The maximum absolute atomic E-state index is 13.2. The number of esters is 1. The van der Waals surface area contributed by atoms with E-state index < -0.39 is 45.5 Å². The molecule has 0 radical (unpaired) electrons. The standard InChI is InChI=1S/C24H26N2O5S/c1-23(2)24(22(29)30,13-15-9-5-3-6-10-15)26-19(27)17(20(26)32-23)18(25)21(28)31-14-16-11-7-4-8-12-16/h3-12,17-18,20H,13-14,25H2,1-2H3,(H,29,30)/t17-,18?,20+,24-/m0/s1. The molecule has 1 unspecified atom stereocenters. The van der Waals surface area contributed by atoms with Gasteiger partial charge in [0.2, 0.25) is 5.91 Å². The summed E-state index contributed by atoms with van der Waals surface area (Å²) < 4.78 is 4.54. The Hall–Kier alpha value is -2.84. The molecule has 0 spiro atoms. The first kappa shape index (κ1) is 22.4. The van der Waals surface area contributed by atoms with E-state index in [1.165, 1.54) is 16.7 Å². The van der Waals surface area contributed by atoms with Gasteiger partial charge in [-0.15, -0.1) is 11.8 Å². The first-order valence-electron chi connectivity index (χ1n) is 10.4. The summed E-state index contributed by atoms with van der Waals surface area (Å²) in [6.45, 7) is 3.72. The minimum atomic E-state index is -1.44. The van der Waals surface area contributed by atoms with Crippen molar-refractivity contribution in [2.24, 2.45) is 11.7 Å². The summed E-state index contributed by atoms with van der Waals surface area (Å²) in [5.74, 6) is -2.97. The second-order valence-corrected chi connectivity index (χ2v) is 10.4. The highest BCUT2D eigenvalue weighted by Crippen LogP contribution is 2.60. The van der Waals surface area contributed by atoms with Gasteiger partial charge in [0.25, 0.3) is 0 Å². The highest BCUT2D eigenvalue weighted by Gasteiger charge is 2.73. The Kier molecular flexibility index (Phi) is 5.77. The Balaban J connectivity index is 1.54. The van der Waals surface area contributed by atoms with Crippen LogP contribution in [0.5, 0.6) is 0 Å². The number of hydrogen-bond acceptors (Lipinski definition) is 6. The number of thioether (sulfide) groups is 1. The van der Waals surface area contributed by atoms with Crippen LogP contribution in [-0.4, -0.2) is 49.6 Å². The number of carbonyl (C=O) groups excluding carboxylic acids is 2. The van der Waals surface area contributed by atoms with E-state index in [0.29, 0.717) is 0 Å². The third-order valence-electron chi connectivity index (χ3n) is 6.45. The van der Waals surface area contributed by atoms with Gasteiger partial charge in [0.1, 0.15) is 12.6 Å². The van der Waals surface area contributed by atoms with Crippen LogP contribution in [0.2, 0.25) is 0 Å². The molecule has 0 aliphatic carbocycles. The van der Waals surface area contributed by atoms with Crippen LogP contribution in [-0.2, 0) is 32.1 Å². The molecular formula is C24H26N2O5S. The number of β-lactam (4-membered cyclic amide) rings is 1. The molecule has 32 heavy (non-hydrogen) atoms. The number of ether oxygens (including phenoxy) is 1. The minimum Gasteiger partial charge on any atom is -0.479 e. The smallest absolute Gasteiger partial charge is 0.331 e. The quantitative estimate of drug-likeness (QED) is 0.488. The van der Waals surface area contributed by atoms with Crippen LogP contribution < -0.4 is 5.73 Å². The molecule has 168 valence electrons. The van der Waals surface area contributed by atoms with E-state index in [9.17, 15) is 19.5 Å². The Labute approximate surface area is 190 Å². The lowest BCUT2D eigenvalue weighted by Crippen LogP contribution is -2.74. The lowest BCUT2D eigenvalue weighted by molar-refractivity contribution is -0.178. The zero-order chi connectivity index (χ0) is 23.1. The van der Waals surface area contributed by atoms with Gasteiger partial charge in [0, 0.05) is 11.2 Å². The molecule has 0 aromatic heterocycles. The van der Waals surface area contributed by atoms with Gasteiger partial charge in [0.15, 0.2) is 5.54 Å². The summed E-state index contributed by atoms with van der Waals surface area (Å²) in [7, 11) is 0. The van der Waals surface area contributed by atoms with Crippen molar-refractivity contribution in [3.8, 4) is 0 Å². The van der Waals surface area contributed by atoms with Crippen LogP contribution >= 0.6 is 11.8 Å². The lowest BCUT2D eigenvalue weighted by Gasteiger charge is -2.51. The summed E-state index contributed by atoms with van der Waals surface area (Å²) in [6.07, 6.45) is 0.172. The number of aliphatic carboxylic acids is 1. The van der Waals surface area contributed by atoms with E-state index in [1.807, 2.05) is 74.5 Å². The molecule has 8 heteroatoms.